The zero-order chi connectivity index (χ0) is 18.0. The monoisotopic (exact) mass is 400 g/mol. The number of anilines is 1. The van der Waals surface area contributed by atoms with Crippen molar-refractivity contribution in [3.63, 3.8) is 0 Å². The molecule has 0 aliphatic carbocycles. The van der Waals surface area contributed by atoms with Gasteiger partial charge in [-0.1, -0.05) is 22.0 Å². The fraction of sp³-hybridized carbons (Fsp3) is 0.0588. The molecule has 7 nitrogen and oxygen atoms in total. The van der Waals surface area contributed by atoms with Crippen LogP contribution in [-0.2, 0) is 0 Å². The van der Waals surface area contributed by atoms with E-state index in [1.807, 2.05) is 6.07 Å². The molecule has 2 aromatic heterocycles. The second-order valence-electron chi connectivity index (χ2n) is 5.19. The lowest BCUT2D eigenvalue weighted by molar-refractivity contribution is 0.0698. The topological polar surface area (TPSA) is 97.1 Å². The van der Waals surface area contributed by atoms with Crippen molar-refractivity contribution in [3.05, 3.63) is 70.1 Å². The summed E-state index contributed by atoms with van der Waals surface area (Å²) in [5, 5.41) is 16.1. The van der Waals surface area contributed by atoms with E-state index in [4.69, 9.17) is 0 Å². The number of aromatic carboxylic acids is 1. The van der Waals surface area contributed by atoms with E-state index in [1.165, 1.54) is 18.3 Å². The molecule has 0 spiro atoms. The number of halogens is 1. The van der Waals surface area contributed by atoms with Crippen molar-refractivity contribution in [1.29, 1.82) is 0 Å². The van der Waals surface area contributed by atoms with Gasteiger partial charge in [0.1, 0.15) is 0 Å². The lowest BCUT2D eigenvalue weighted by atomic mass is 10.1. The summed E-state index contributed by atoms with van der Waals surface area (Å²) in [7, 11) is 0. The molecule has 2 N–H and O–H groups in total. The number of benzene rings is 1. The van der Waals surface area contributed by atoms with Gasteiger partial charge in [0.2, 0.25) is 0 Å². The highest BCUT2D eigenvalue weighted by Crippen LogP contribution is 2.22. The Morgan fingerprint density at radius 3 is 2.68 bits per heavy atom. The fourth-order valence-electron chi connectivity index (χ4n) is 2.33. The Balaban J connectivity index is 1.91. The van der Waals surface area contributed by atoms with Crippen LogP contribution in [0.3, 0.4) is 0 Å². The minimum Gasteiger partial charge on any atom is -0.478 e. The Labute approximate surface area is 151 Å². The van der Waals surface area contributed by atoms with Crippen molar-refractivity contribution in [3.8, 4) is 5.82 Å². The normalized spacial score (nSPS) is 10.5. The highest BCUT2D eigenvalue weighted by molar-refractivity contribution is 9.10. The number of pyridine rings is 1. The van der Waals surface area contributed by atoms with E-state index in [1.54, 1.807) is 36.0 Å². The van der Waals surface area contributed by atoms with Gasteiger partial charge in [0.15, 0.2) is 5.82 Å². The first-order valence-corrected chi connectivity index (χ1v) is 8.07. The van der Waals surface area contributed by atoms with Crippen molar-refractivity contribution in [2.75, 3.05) is 5.32 Å². The third-order valence-corrected chi connectivity index (χ3v) is 4.07. The molecular formula is C17H13BrN4O3. The van der Waals surface area contributed by atoms with Gasteiger partial charge in [-0.15, -0.1) is 0 Å². The second kappa shape index (κ2) is 6.86. The number of amides is 1. The molecule has 0 aliphatic heterocycles. The van der Waals surface area contributed by atoms with Gasteiger partial charge in [-0.3, -0.25) is 4.79 Å². The third kappa shape index (κ3) is 3.43. The number of carboxylic acids is 1. The number of carbonyl (C=O) groups is 2. The summed E-state index contributed by atoms with van der Waals surface area (Å²) in [5.74, 6) is -0.976. The largest absolute Gasteiger partial charge is 0.478 e. The van der Waals surface area contributed by atoms with E-state index >= 15 is 0 Å². The Bertz CT molecular complexity index is 954. The first-order chi connectivity index (χ1) is 12.0. The van der Waals surface area contributed by atoms with E-state index in [-0.39, 0.29) is 11.3 Å². The molecule has 0 fully saturated rings. The van der Waals surface area contributed by atoms with Crippen molar-refractivity contribution >= 4 is 33.5 Å². The summed E-state index contributed by atoms with van der Waals surface area (Å²) in [6.07, 6.45) is 3.07. The molecule has 0 saturated heterocycles. The molecule has 0 unspecified atom stereocenters. The zero-order valence-electron chi connectivity index (χ0n) is 13.1. The second-order valence-corrected chi connectivity index (χ2v) is 6.11. The predicted octanol–water partition coefficient (Wildman–Crippen LogP) is 3.29. The molecule has 0 radical (unpaired) electrons. The minimum absolute atomic E-state index is 0.00232. The maximum atomic E-state index is 12.5. The number of nitrogens with zero attached hydrogens (tertiary/aromatic N) is 3. The number of rotatable bonds is 4. The maximum Gasteiger partial charge on any atom is 0.337 e. The summed E-state index contributed by atoms with van der Waals surface area (Å²) in [5.41, 5.74) is 1.15. The summed E-state index contributed by atoms with van der Waals surface area (Å²) >= 11 is 3.22. The van der Waals surface area contributed by atoms with Crippen LogP contribution in [0, 0.1) is 6.92 Å². The van der Waals surface area contributed by atoms with E-state index in [9.17, 15) is 14.7 Å². The highest BCUT2D eigenvalue weighted by atomic mass is 79.9. The van der Waals surface area contributed by atoms with Gasteiger partial charge in [0.25, 0.3) is 5.91 Å². The van der Waals surface area contributed by atoms with Crippen LogP contribution in [-0.4, -0.2) is 31.7 Å². The number of aromatic nitrogens is 3. The third-order valence-electron chi connectivity index (χ3n) is 3.58. The van der Waals surface area contributed by atoms with Crippen LogP contribution in [0.25, 0.3) is 5.82 Å². The van der Waals surface area contributed by atoms with Crippen LogP contribution in [0.1, 0.15) is 26.4 Å². The average molecular weight is 401 g/mol. The smallest absolute Gasteiger partial charge is 0.337 e. The summed E-state index contributed by atoms with van der Waals surface area (Å²) in [4.78, 5) is 28.1. The Kier molecular flexibility index (Phi) is 4.62. The lowest BCUT2D eigenvalue weighted by Gasteiger charge is -2.09. The first kappa shape index (κ1) is 16.8. The standard InChI is InChI=1S/C17H13BrN4O3/c1-10-13(9-20-22(10)15-4-2-3-7-19-15)16(23)21-14-6-5-11(18)8-12(14)17(24)25/h2-9H,1H3,(H,21,23)(H,24,25). The molecule has 126 valence electrons. The summed E-state index contributed by atoms with van der Waals surface area (Å²) in [6.45, 7) is 1.75. The van der Waals surface area contributed by atoms with Gasteiger partial charge >= 0.3 is 5.97 Å². The van der Waals surface area contributed by atoms with Gasteiger partial charge in [-0.2, -0.15) is 5.10 Å². The lowest BCUT2D eigenvalue weighted by Crippen LogP contribution is -2.15. The molecule has 25 heavy (non-hydrogen) atoms. The molecule has 0 saturated carbocycles. The molecular weight excluding hydrogens is 388 g/mol. The van der Waals surface area contributed by atoms with Crippen LogP contribution in [0.15, 0.2) is 53.3 Å². The maximum absolute atomic E-state index is 12.5. The molecule has 2 heterocycles. The number of carbonyl (C=O) groups excluding carboxylic acids is 1. The van der Waals surface area contributed by atoms with Crippen molar-refractivity contribution < 1.29 is 14.7 Å². The summed E-state index contributed by atoms with van der Waals surface area (Å²) in [6, 6.07) is 10.0. The molecule has 3 aromatic rings. The molecule has 0 atom stereocenters. The van der Waals surface area contributed by atoms with Gasteiger partial charge in [0, 0.05) is 10.7 Å². The van der Waals surface area contributed by atoms with Crippen molar-refractivity contribution in [2.24, 2.45) is 0 Å². The Morgan fingerprint density at radius 2 is 2.00 bits per heavy atom. The van der Waals surface area contributed by atoms with E-state index < -0.39 is 11.9 Å². The SMILES string of the molecule is Cc1c(C(=O)Nc2ccc(Br)cc2C(=O)O)cnn1-c1ccccn1. The van der Waals surface area contributed by atoms with Gasteiger partial charge in [0.05, 0.1) is 28.7 Å². The molecule has 3 rings (SSSR count). The quantitative estimate of drug-likeness (QED) is 0.700. The van der Waals surface area contributed by atoms with Gasteiger partial charge < -0.3 is 10.4 Å². The first-order valence-electron chi connectivity index (χ1n) is 7.27. The van der Waals surface area contributed by atoms with Crippen LogP contribution in [0.5, 0.6) is 0 Å². The van der Waals surface area contributed by atoms with E-state index in [2.05, 4.69) is 31.3 Å². The summed E-state index contributed by atoms with van der Waals surface area (Å²) < 4.78 is 2.16. The average Bonchev–Trinajstić information content (AvgIpc) is 2.98. The number of nitrogens with one attached hydrogen (secondary N) is 1. The van der Waals surface area contributed by atoms with Crippen molar-refractivity contribution in [1.82, 2.24) is 14.8 Å². The highest BCUT2D eigenvalue weighted by Gasteiger charge is 2.18. The Hall–Kier alpha value is -3.00. The number of hydrogen-bond acceptors (Lipinski definition) is 4. The number of hydrogen-bond donors (Lipinski definition) is 2. The van der Waals surface area contributed by atoms with Gasteiger partial charge in [-0.05, 0) is 37.3 Å². The molecule has 1 aromatic carbocycles. The fourth-order valence-corrected chi connectivity index (χ4v) is 2.70. The van der Waals surface area contributed by atoms with Crippen LogP contribution >= 0.6 is 15.9 Å². The van der Waals surface area contributed by atoms with E-state index in [0.717, 1.165) is 0 Å². The van der Waals surface area contributed by atoms with Crippen LogP contribution < -0.4 is 5.32 Å². The molecule has 8 heteroatoms. The molecule has 0 aliphatic rings. The molecule has 0 bridgehead atoms. The van der Waals surface area contributed by atoms with E-state index in [0.29, 0.717) is 21.5 Å². The Morgan fingerprint density at radius 1 is 1.20 bits per heavy atom. The molecule has 1 amide bonds. The van der Waals surface area contributed by atoms with Crippen molar-refractivity contribution in [2.45, 2.75) is 6.92 Å². The van der Waals surface area contributed by atoms with Crippen LogP contribution in [0.2, 0.25) is 0 Å². The predicted molar refractivity (Wildman–Crippen MR) is 95.2 cm³/mol. The zero-order valence-corrected chi connectivity index (χ0v) is 14.7. The minimum atomic E-state index is -1.13. The number of carboxylic acid groups (broad SMARTS) is 1. The van der Waals surface area contributed by atoms with Crippen LogP contribution in [0.4, 0.5) is 5.69 Å². The van der Waals surface area contributed by atoms with Gasteiger partial charge in [-0.25, -0.2) is 14.5 Å².